The lowest BCUT2D eigenvalue weighted by atomic mass is 10.0. The van der Waals surface area contributed by atoms with Gasteiger partial charge in [-0.25, -0.2) is 4.68 Å². The molecule has 0 unspecified atom stereocenters. The average molecular weight is 300 g/mol. The van der Waals surface area contributed by atoms with Gasteiger partial charge in [-0.1, -0.05) is 30.3 Å². The van der Waals surface area contributed by atoms with Gasteiger partial charge < -0.3 is 0 Å². The van der Waals surface area contributed by atoms with Crippen LogP contribution in [0.3, 0.4) is 0 Å². The summed E-state index contributed by atoms with van der Waals surface area (Å²) < 4.78 is 29.0. The Balaban J connectivity index is 2.11. The minimum atomic E-state index is -2.92. The number of alkyl halides is 2. The lowest BCUT2D eigenvalue weighted by Crippen LogP contribution is -2.09. The normalized spacial score (nSPS) is 21.5. The molecule has 3 rings (SSSR count). The summed E-state index contributed by atoms with van der Waals surface area (Å²) in [5.41, 5.74) is 0.823. The van der Waals surface area contributed by atoms with E-state index in [1.807, 2.05) is 30.3 Å². The quantitative estimate of drug-likeness (QED) is 0.810. The Hall–Kier alpha value is -1.30. The third kappa shape index (κ3) is 1.67. The van der Waals surface area contributed by atoms with Gasteiger partial charge in [-0.15, -0.1) is 5.10 Å². The van der Waals surface area contributed by atoms with Crippen molar-refractivity contribution in [3.05, 3.63) is 46.5 Å². The highest BCUT2D eigenvalue weighted by Crippen LogP contribution is 2.45. The Morgan fingerprint density at radius 3 is 2.71 bits per heavy atom. The predicted octanol–water partition coefficient (Wildman–Crippen LogP) is 3.13. The lowest BCUT2D eigenvalue weighted by Gasteiger charge is -2.11. The maximum absolute atomic E-state index is 13.7. The van der Waals surface area contributed by atoms with Crippen LogP contribution in [0.15, 0.2) is 35.1 Å². The SMILES string of the molecule is FC1(F)C[C@H](c2ccccc2)n2nc(Br)nc21. The summed E-state index contributed by atoms with van der Waals surface area (Å²) in [6, 6.07) is 8.72. The predicted molar refractivity (Wildman–Crippen MR) is 60.8 cm³/mol. The van der Waals surface area contributed by atoms with Gasteiger partial charge in [0.05, 0.1) is 6.04 Å². The number of hydrogen-bond donors (Lipinski definition) is 0. The molecule has 1 aromatic carbocycles. The van der Waals surface area contributed by atoms with Crippen molar-refractivity contribution in [1.82, 2.24) is 14.8 Å². The monoisotopic (exact) mass is 299 g/mol. The molecule has 0 bridgehead atoms. The molecule has 0 saturated heterocycles. The molecule has 0 radical (unpaired) electrons. The summed E-state index contributed by atoms with van der Waals surface area (Å²) in [6.45, 7) is 0. The lowest BCUT2D eigenvalue weighted by molar-refractivity contribution is -0.00886. The standard InChI is InChI=1S/C11H8BrF2N3/c12-10-15-9-11(13,14)6-8(17(9)16-10)7-4-2-1-3-5-7/h1-5,8H,6H2/t8-/m1/s1. The molecule has 0 aliphatic carbocycles. The molecule has 17 heavy (non-hydrogen) atoms. The van der Waals surface area contributed by atoms with E-state index in [9.17, 15) is 8.78 Å². The van der Waals surface area contributed by atoms with Gasteiger partial charge in [0.25, 0.3) is 0 Å². The Bertz CT molecular complexity index is 553. The summed E-state index contributed by atoms with van der Waals surface area (Å²) >= 11 is 3.03. The smallest absolute Gasteiger partial charge is 0.236 e. The molecule has 2 heterocycles. The van der Waals surface area contributed by atoms with Crippen molar-refractivity contribution >= 4 is 15.9 Å². The first kappa shape index (κ1) is 10.8. The van der Waals surface area contributed by atoms with Gasteiger partial charge >= 0.3 is 5.92 Å². The van der Waals surface area contributed by atoms with Crippen LogP contribution in [-0.4, -0.2) is 14.8 Å². The molecule has 88 valence electrons. The summed E-state index contributed by atoms with van der Waals surface area (Å²) in [5.74, 6) is -3.18. The van der Waals surface area contributed by atoms with Crippen LogP contribution >= 0.6 is 15.9 Å². The highest BCUT2D eigenvalue weighted by molar-refractivity contribution is 9.10. The zero-order valence-corrected chi connectivity index (χ0v) is 10.2. The van der Waals surface area contributed by atoms with Crippen LogP contribution in [0.4, 0.5) is 8.78 Å². The molecule has 0 spiro atoms. The number of aromatic nitrogens is 3. The molecule has 0 amide bonds. The van der Waals surface area contributed by atoms with Crippen LogP contribution < -0.4 is 0 Å². The minimum absolute atomic E-state index is 0.202. The molecule has 0 fully saturated rings. The highest BCUT2D eigenvalue weighted by Gasteiger charge is 2.48. The number of nitrogens with zero attached hydrogens (tertiary/aromatic N) is 3. The maximum Gasteiger partial charge on any atom is 0.308 e. The molecule has 1 aliphatic rings. The average Bonchev–Trinajstić information content (AvgIpc) is 2.79. The van der Waals surface area contributed by atoms with E-state index in [2.05, 4.69) is 26.0 Å². The number of benzene rings is 1. The van der Waals surface area contributed by atoms with Gasteiger partial charge in [0, 0.05) is 6.42 Å². The number of fused-ring (bicyclic) bond motifs is 1. The second-order valence-corrected chi connectivity index (χ2v) is 4.69. The Morgan fingerprint density at radius 2 is 2.00 bits per heavy atom. The first-order valence-corrected chi connectivity index (χ1v) is 5.92. The molecule has 1 atom stereocenters. The molecule has 0 saturated carbocycles. The summed E-state index contributed by atoms with van der Waals surface area (Å²) in [7, 11) is 0. The van der Waals surface area contributed by atoms with Gasteiger partial charge in [0.1, 0.15) is 0 Å². The third-order valence-electron chi connectivity index (χ3n) is 2.86. The third-order valence-corrected chi connectivity index (χ3v) is 3.20. The van der Waals surface area contributed by atoms with Crippen molar-refractivity contribution < 1.29 is 8.78 Å². The summed E-state index contributed by atoms with van der Waals surface area (Å²) in [4.78, 5) is 3.74. The van der Waals surface area contributed by atoms with Crippen LogP contribution in [0.2, 0.25) is 0 Å². The molecule has 2 aromatic rings. The molecule has 0 N–H and O–H groups in total. The van der Waals surface area contributed by atoms with Gasteiger partial charge in [0.2, 0.25) is 4.73 Å². The van der Waals surface area contributed by atoms with Gasteiger partial charge in [-0.2, -0.15) is 13.8 Å². The molecular formula is C11H8BrF2N3. The fraction of sp³-hybridized carbons (Fsp3) is 0.273. The largest absolute Gasteiger partial charge is 0.308 e. The van der Waals surface area contributed by atoms with Crippen molar-refractivity contribution in [2.45, 2.75) is 18.4 Å². The van der Waals surface area contributed by atoms with E-state index < -0.39 is 12.0 Å². The molecular weight excluding hydrogens is 292 g/mol. The van der Waals surface area contributed by atoms with Gasteiger partial charge in [0.15, 0.2) is 5.82 Å². The number of hydrogen-bond acceptors (Lipinski definition) is 2. The minimum Gasteiger partial charge on any atom is -0.236 e. The van der Waals surface area contributed by atoms with Crippen molar-refractivity contribution in [3.63, 3.8) is 0 Å². The topological polar surface area (TPSA) is 30.7 Å². The van der Waals surface area contributed by atoms with E-state index in [1.54, 1.807) is 0 Å². The molecule has 6 heteroatoms. The van der Waals surface area contributed by atoms with Crippen LogP contribution in [0.1, 0.15) is 23.9 Å². The zero-order valence-electron chi connectivity index (χ0n) is 8.65. The van der Waals surface area contributed by atoms with Gasteiger partial charge in [-0.3, -0.25) is 0 Å². The van der Waals surface area contributed by atoms with Crippen molar-refractivity contribution in [1.29, 1.82) is 0 Å². The van der Waals surface area contributed by atoms with Crippen LogP contribution in [0, 0.1) is 0 Å². The Kier molecular flexibility index (Phi) is 2.29. The van der Waals surface area contributed by atoms with E-state index in [0.29, 0.717) is 0 Å². The highest BCUT2D eigenvalue weighted by atomic mass is 79.9. The molecule has 1 aromatic heterocycles. The van der Waals surface area contributed by atoms with Crippen LogP contribution in [-0.2, 0) is 5.92 Å². The number of rotatable bonds is 1. The van der Waals surface area contributed by atoms with Crippen molar-refractivity contribution in [3.8, 4) is 0 Å². The zero-order chi connectivity index (χ0) is 12.0. The van der Waals surface area contributed by atoms with E-state index in [0.717, 1.165) is 5.56 Å². The van der Waals surface area contributed by atoms with E-state index in [1.165, 1.54) is 4.68 Å². The van der Waals surface area contributed by atoms with E-state index >= 15 is 0 Å². The first-order chi connectivity index (χ1) is 8.08. The number of halogens is 3. The van der Waals surface area contributed by atoms with E-state index in [-0.39, 0.29) is 17.0 Å². The second-order valence-electron chi connectivity index (χ2n) is 3.98. The summed E-state index contributed by atoms with van der Waals surface area (Å²) in [6.07, 6.45) is -0.278. The maximum atomic E-state index is 13.7. The van der Waals surface area contributed by atoms with Crippen molar-refractivity contribution in [2.75, 3.05) is 0 Å². The second kappa shape index (κ2) is 3.60. The first-order valence-electron chi connectivity index (χ1n) is 5.13. The fourth-order valence-corrected chi connectivity index (χ4v) is 2.46. The Morgan fingerprint density at radius 1 is 1.29 bits per heavy atom. The summed E-state index contributed by atoms with van der Waals surface area (Å²) in [5, 5.41) is 3.99. The van der Waals surface area contributed by atoms with Crippen LogP contribution in [0.5, 0.6) is 0 Å². The molecule has 1 aliphatic heterocycles. The Labute approximate surface area is 105 Å². The van der Waals surface area contributed by atoms with Crippen LogP contribution in [0.25, 0.3) is 0 Å². The van der Waals surface area contributed by atoms with Gasteiger partial charge in [-0.05, 0) is 21.5 Å². The van der Waals surface area contributed by atoms with E-state index in [4.69, 9.17) is 0 Å². The fourth-order valence-electron chi connectivity index (χ4n) is 2.12. The molecule has 3 nitrogen and oxygen atoms in total. The van der Waals surface area contributed by atoms with Crippen molar-refractivity contribution in [2.24, 2.45) is 0 Å².